The minimum absolute atomic E-state index is 0.297. The van der Waals surface area contributed by atoms with Gasteiger partial charge >= 0.3 is 0 Å². The Morgan fingerprint density at radius 3 is 2.31 bits per heavy atom. The Bertz CT molecular complexity index is 104. The van der Waals surface area contributed by atoms with E-state index in [1.165, 1.54) is 19.3 Å². The van der Waals surface area contributed by atoms with Gasteiger partial charge in [0, 0.05) is 12.6 Å². The molecule has 0 aromatic carbocycles. The van der Waals surface area contributed by atoms with Crippen molar-refractivity contribution in [1.29, 1.82) is 0 Å². The number of hydrogen-bond donors (Lipinski definition) is 2. The number of rotatable bonds is 8. The summed E-state index contributed by atoms with van der Waals surface area (Å²) in [6.45, 7) is 8.00. The largest absolute Gasteiger partial charge is 0.396 e. The molecular formula is C11H25NO. The molecule has 0 aliphatic carbocycles. The van der Waals surface area contributed by atoms with Gasteiger partial charge in [-0.3, -0.25) is 0 Å². The number of aliphatic hydroxyl groups is 1. The van der Waals surface area contributed by atoms with Gasteiger partial charge in [0.2, 0.25) is 0 Å². The zero-order chi connectivity index (χ0) is 10.1. The molecule has 0 saturated heterocycles. The fraction of sp³-hybridized carbons (Fsp3) is 1.00. The van der Waals surface area contributed by atoms with Crippen LogP contribution in [0.3, 0.4) is 0 Å². The molecule has 0 rings (SSSR count). The van der Waals surface area contributed by atoms with Crippen LogP contribution in [0.2, 0.25) is 0 Å². The Kier molecular flexibility index (Phi) is 8.46. The van der Waals surface area contributed by atoms with Crippen LogP contribution in [0.4, 0.5) is 0 Å². The Morgan fingerprint density at radius 1 is 1.08 bits per heavy atom. The maximum atomic E-state index is 8.59. The molecule has 13 heavy (non-hydrogen) atoms. The van der Waals surface area contributed by atoms with E-state index in [2.05, 4.69) is 26.1 Å². The van der Waals surface area contributed by atoms with E-state index in [1.54, 1.807) is 0 Å². The lowest BCUT2D eigenvalue weighted by Gasteiger charge is -2.13. The molecule has 0 radical (unpaired) electrons. The normalized spacial score (nSPS) is 13.6. The Labute approximate surface area is 82.7 Å². The van der Waals surface area contributed by atoms with Crippen LogP contribution < -0.4 is 5.32 Å². The quantitative estimate of drug-likeness (QED) is 0.571. The standard InChI is InChI=1S/C11H25NO/c1-10(2)6-4-7-11(3)12-8-5-9-13/h10-13H,4-9H2,1-3H3. The van der Waals surface area contributed by atoms with Gasteiger partial charge in [0.1, 0.15) is 0 Å². The van der Waals surface area contributed by atoms with Crippen molar-refractivity contribution in [2.45, 2.75) is 52.5 Å². The van der Waals surface area contributed by atoms with E-state index in [4.69, 9.17) is 5.11 Å². The number of hydrogen-bond acceptors (Lipinski definition) is 2. The van der Waals surface area contributed by atoms with Crippen molar-refractivity contribution in [3.63, 3.8) is 0 Å². The van der Waals surface area contributed by atoms with Crippen LogP contribution in [0, 0.1) is 5.92 Å². The molecule has 0 heterocycles. The molecule has 2 N–H and O–H groups in total. The van der Waals surface area contributed by atoms with Crippen LogP contribution in [-0.2, 0) is 0 Å². The monoisotopic (exact) mass is 187 g/mol. The van der Waals surface area contributed by atoms with Crippen LogP contribution >= 0.6 is 0 Å². The summed E-state index contributed by atoms with van der Waals surface area (Å²) in [7, 11) is 0. The lowest BCUT2D eigenvalue weighted by molar-refractivity contribution is 0.282. The molecule has 1 atom stereocenters. The van der Waals surface area contributed by atoms with E-state index >= 15 is 0 Å². The van der Waals surface area contributed by atoms with Gasteiger partial charge in [-0.05, 0) is 32.2 Å². The summed E-state index contributed by atoms with van der Waals surface area (Å²) >= 11 is 0. The molecule has 0 aliphatic rings. The van der Waals surface area contributed by atoms with Gasteiger partial charge in [-0.15, -0.1) is 0 Å². The number of aliphatic hydroxyl groups excluding tert-OH is 1. The first-order valence-corrected chi connectivity index (χ1v) is 5.51. The summed E-state index contributed by atoms with van der Waals surface area (Å²) in [5.74, 6) is 0.824. The maximum Gasteiger partial charge on any atom is 0.0443 e. The van der Waals surface area contributed by atoms with E-state index in [1.807, 2.05) is 0 Å². The molecule has 2 heteroatoms. The summed E-state index contributed by atoms with van der Waals surface area (Å²) in [4.78, 5) is 0. The summed E-state index contributed by atoms with van der Waals surface area (Å²) in [5, 5.41) is 12.0. The first-order chi connectivity index (χ1) is 6.16. The van der Waals surface area contributed by atoms with Crippen LogP contribution in [0.1, 0.15) is 46.5 Å². The Hall–Kier alpha value is -0.0800. The summed E-state index contributed by atoms with van der Waals surface area (Å²) in [5.41, 5.74) is 0. The molecule has 0 bridgehead atoms. The molecule has 0 aliphatic heterocycles. The average molecular weight is 187 g/mol. The summed E-state index contributed by atoms with van der Waals surface area (Å²) < 4.78 is 0. The highest BCUT2D eigenvalue weighted by Gasteiger charge is 2.01. The van der Waals surface area contributed by atoms with E-state index in [9.17, 15) is 0 Å². The van der Waals surface area contributed by atoms with Crippen molar-refractivity contribution in [1.82, 2.24) is 5.32 Å². The predicted octanol–water partition coefficient (Wildman–Crippen LogP) is 2.17. The topological polar surface area (TPSA) is 32.3 Å². The van der Waals surface area contributed by atoms with Gasteiger partial charge < -0.3 is 10.4 Å². The molecule has 0 aromatic rings. The summed E-state index contributed by atoms with van der Waals surface area (Å²) in [6.07, 6.45) is 4.76. The second-order valence-corrected chi connectivity index (χ2v) is 4.26. The molecular weight excluding hydrogens is 162 g/mol. The van der Waals surface area contributed by atoms with Gasteiger partial charge in [-0.2, -0.15) is 0 Å². The van der Waals surface area contributed by atoms with Crippen molar-refractivity contribution < 1.29 is 5.11 Å². The van der Waals surface area contributed by atoms with Gasteiger partial charge in [-0.1, -0.05) is 26.7 Å². The number of nitrogens with one attached hydrogen (secondary N) is 1. The highest BCUT2D eigenvalue weighted by atomic mass is 16.3. The predicted molar refractivity (Wildman–Crippen MR) is 57.9 cm³/mol. The molecule has 0 aromatic heterocycles. The van der Waals surface area contributed by atoms with Gasteiger partial charge in [0.15, 0.2) is 0 Å². The molecule has 1 unspecified atom stereocenters. The lowest BCUT2D eigenvalue weighted by atomic mass is 10.0. The average Bonchev–Trinajstić information content (AvgIpc) is 2.04. The second kappa shape index (κ2) is 8.52. The van der Waals surface area contributed by atoms with Crippen LogP contribution in [0.15, 0.2) is 0 Å². The minimum atomic E-state index is 0.297. The van der Waals surface area contributed by atoms with Crippen molar-refractivity contribution in [3.05, 3.63) is 0 Å². The van der Waals surface area contributed by atoms with Gasteiger partial charge in [0.25, 0.3) is 0 Å². The van der Waals surface area contributed by atoms with E-state index in [-0.39, 0.29) is 0 Å². The zero-order valence-corrected chi connectivity index (χ0v) is 9.34. The lowest BCUT2D eigenvalue weighted by Crippen LogP contribution is -2.27. The smallest absolute Gasteiger partial charge is 0.0443 e. The molecule has 0 saturated carbocycles. The third-order valence-corrected chi connectivity index (χ3v) is 2.25. The molecule has 0 spiro atoms. The van der Waals surface area contributed by atoms with E-state index in [0.29, 0.717) is 12.6 Å². The van der Waals surface area contributed by atoms with E-state index in [0.717, 1.165) is 18.9 Å². The third-order valence-electron chi connectivity index (χ3n) is 2.25. The Balaban J connectivity index is 3.15. The van der Waals surface area contributed by atoms with Gasteiger partial charge in [0.05, 0.1) is 0 Å². The first-order valence-electron chi connectivity index (χ1n) is 5.51. The van der Waals surface area contributed by atoms with Crippen LogP contribution in [0.25, 0.3) is 0 Å². The zero-order valence-electron chi connectivity index (χ0n) is 9.34. The highest BCUT2D eigenvalue weighted by molar-refractivity contribution is 4.61. The fourth-order valence-electron chi connectivity index (χ4n) is 1.36. The van der Waals surface area contributed by atoms with Crippen molar-refractivity contribution in [2.24, 2.45) is 5.92 Å². The van der Waals surface area contributed by atoms with Crippen LogP contribution in [0.5, 0.6) is 0 Å². The third kappa shape index (κ3) is 9.84. The Morgan fingerprint density at radius 2 is 1.77 bits per heavy atom. The van der Waals surface area contributed by atoms with Gasteiger partial charge in [-0.25, -0.2) is 0 Å². The minimum Gasteiger partial charge on any atom is -0.396 e. The van der Waals surface area contributed by atoms with Crippen LogP contribution in [-0.4, -0.2) is 24.3 Å². The fourth-order valence-corrected chi connectivity index (χ4v) is 1.36. The molecule has 80 valence electrons. The van der Waals surface area contributed by atoms with E-state index < -0.39 is 0 Å². The molecule has 2 nitrogen and oxygen atoms in total. The highest BCUT2D eigenvalue weighted by Crippen LogP contribution is 2.07. The van der Waals surface area contributed by atoms with Crippen molar-refractivity contribution >= 4 is 0 Å². The molecule has 0 fully saturated rings. The SMILES string of the molecule is CC(C)CCCC(C)NCCCO. The second-order valence-electron chi connectivity index (χ2n) is 4.26. The van der Waals surface area contributed by atoms with Crippen molar-refractivity contribution in [3.8, 4) is 0 Å². The molecule has 0 amide bonds. The maximum absolute atomic E-state index is 8.59. The first kappa shape index (κ1) is 12.9. The summed E-state index contributed by atoms with van der Waals surface area (Å²) in [6, 6.07) is 0.602. The van der Waals surface area contributed by atoms with Crippen molar-refractivity contribution in [2.75, 3.05) is 13.2 Å².